The van der Waals surface area contributed by atoms with Gasteiger partial charge in [0.1, 0.15) is 0 Å². The Kier molecular flexibility index (Phi) is 20.2. The summed E-state index contributed by atoms with van der Waals surface area (Å²) in [5.41, 5.74) is 3.04. The Morgan fingerprint density at radius 3 is 2.27 bits per heavy atom. The first-order valence-corrected chi connectivity index (χ1v) is 10.9. The second-order valence-electron chi connectivity index (χ2n) is 7.58. The summed E-state index contributed by atoms with van der Waals surface area (Å²) < 4.78 is 5.68. The van der Waals surface area contributed by atoms with Crippen molar-refractivity contribution in [3.05, 3.63) is 24.3 Å². The summed E-state index contributed by atoms with van der Waals surface area (Å²) in [5.74, 6) is 1.33. The van der Waals surface area contributed by atoms with Crippen LogP contribution >= 0.6 is 0 Å². The van der Waals surface area contributed by atoms with E-state index in [2.05, 4.69) is 57.5 Å². The minimum absolute atomic E-state index is 0.638. The van der Waals surface area contributed by atoms with E-state index in [1.807, 2.05) is 0 Å². The summed E-state index contributed by atoms with van der Waals surface area (Å²) >= 11 is 0. The number of hydrogen-bond acceptors (Lipinski definition) is 3. The highest BCUT2D eigenvalue weighted by Crippen LogP contribution is 2.09. The molecule has 1 atom stereocenters. The fourth-order valence-corrected chi connectivity index (χ4v) is 2.42. The molecule has 0 saturated carbocycles. The Balaban J connectivity index is 3.10. The molecule has 0 radical (unpaired) electrons. The van der Waals surface area contributed by atoms with E-state index in [4.69, 9.17) is 9.57 Å². The van der Waals surface area contributed by atoms with E-state index in [1.165, 1.54) is 38.5 Å². The smallest absolute Gasteiger partial charge is 0.0682 e. The lowest BCUT2D eigenvalue weighted by Crippen LogP contribution is -2.19. The van der Waals surface area contributed by atoms with E-state index >= 15 is 0 Å². The number of nitrogens with one attached hydrogen (secondary N) is 1. The average molecular weight is 368 g/mol. The van der Waals surface area contributed by atoms with Crippen LogP contribution in [0.3, 0.4) is 0 Å². The van der Waals surface area contributed by atoms with Crippen molar-refractivity contribution in [3.8, 4) is 0 Å². The molecule has 0 aromatic heterocycles. The molecule has 0 aliphatic rings. The van der Waals surface area contributed by atoms with Gasteiger partial charge in [0, 0.05) is 19.8 Å². The highest BCUT2D eigenvalue weighted by molar-refractivity contribution is 4.91. The molecule has 26 heavy (non-hydrogen) atoms. The van der Waals surface area contributed by atoms with Gasteiger partial charge in [-0.15, -0.1) is 0 Å². The maximum Gasteiger partial charge on any atom is 0.0682 e. The van der Waals surface area contributed by atoms with E-state index in [0.29, 0.717) is 11.8 Å². The lowest BCUT2D eigenvalue weighted by molar-refractivity contribution is 0.0281. The number of rotatable bonds is 19. The van der Waals surface area contributed by atoms with Gasteiger partial charge in [0.15, 0.2) is 0 Å². The number of hydrogen-bond donors (Lipinski definition) is 1. The van der Waals surface area contributed by atoms with Gasteiger partial charge in [-0.25, -0.2) is 5.48 Å². The topological polar surface area (TPSA) is 30.5 Å². The number of hydroxylamine groups is 1. The number of allylic oxidation sites excluding steroid dienone is 4. The Morgan fingerprint density at radius 2 is 1.54 bits per heavy atom. The SMILES string of the molecule is C/C=C\C/C=C\CCCCCCCCONCCCOCC(C)C(C)C. The first kappa shape index (κ1) is 25.4. The zero-order valence-corrected chi connectivity index (χ0v) is 18.0. The molecule has 0 rings (SSSR count). The summed E-state index contributed by atoms with van der Waals surface area (Å²) in [4.78, 5) is 5.47. The molecule has 0 aromatic carbocycles. The largest absolute Gasteiger partial charge is 0.381 e. The van der Waals surface area contributed by atoms with Crippen molar-refractivity contribution < 1.29 is 9.57 Å². The van der Waals surface area contributed by atoms with Crippen LogP contribution in [0.15, 0.2) is 24.3 Å². The van der Waals surface area contributed by atoms with Gasteiger partial charge in [0.2, 0.25) is 0 Å². The van der Waals surface area contributed by atoms with E-state index in [1.54, 1.807) is 0 Å². The summed E-state index contributed by atoms with van der Waals surface area (Å²) in [6.45, 7) is 12.2. The summed E-state index contributed by atoms with van der Waals surface area (Å²) in [6.07, 6.45) is 20.0. The van der Waals surface area contributed by atoms with Crippen LogP contribution in [0.1, 0.15) is 85.5 Å². The Labute approximate surface area is 163 Å². The van der Waals surface area contributed by atoms with E-state index in [-0.39, 0.29) is 0 Å². The highest BCUT2D eigenvalue weighted by Gasteiger charge is 2.06. The predicted octanol–water partition coefficient (Wildman–Crippen LogP) is 6.46. The van der Waals surface area contributed by atoms with E-state index in [0.717, 1.165) is 45.6 Å². The third-order valence-corrected chi connectivity index (χ3v) is 4.73. The second kappa shape index (κ2) is 20.7. The Morgan fingerprint density at radius 1 is 0.808 bits per heavy atom. The van der Waals surface area contributed by atoms with E-state index < -0.39 is 0 Å². The summed E-state index contributed by atoms with van der Waals surface area (Å²) in [6, 6.07) is 0. The highest BCUT2D eigenvalue weighted by atomic mass is 16.6. The van der Waals surface area contributed by atoms with Crippen LogP contribution in [0.5, 0.6) is 0 Å². The molecule has 0 amide bonds. The van der Waals surface area contributed by atoms with Gasteiger partial charge in [-0.1, -0.05) is 70.8 Å². The normalized spacial score (nSPS) is 13.4. The third-order valence-electron chi connectivity index (χ3n) is 4.73. The van der Waals surface area contributed by atoms with Gasteiger partial charge >= 0.3 is 0 Å². The zero-order valence-electron chi connectivity index (χ0n) is 18.0. The summed E-state index contributed by atoms with van der Waals surface area (Å²) in [5, 5.41) is 0. The second-order valence-corrected chi connectivity index (χ2v) is 7.58. The zero-order chi connectivity index (χ0) is 19.3. The Hall–Kier alpha value is -0.640. The van der Waals surface area contributed by atoms with Crippen LogP contribution in [-0.2, 0) is 9.57 Å². The van der Waals surface area contributed by atoms with Crippen molar-refractivity contribution in [2.24, 2.45) is 11.8 Å². The first-order chi connectivity index (χ1) is 12.7. The van der Waals surface area contributed by atoms with Gasteiger partial charge in [-0.05, 0) is 50.9 Å². The minimum atomic E-state index is 0.638. The molecule has 0 aliphatic heterocycles. The van der Waals surface area contributed by atoms with Crippen molar-refractivity contribution in [1.82, 2.24) is 5.48 Å². The van der Waals surface area contributed by atoms with Gasteiger partial charge in [0.25, 0.3) is 0 Å². The molecule has 0 saturated heterocycles. The van der Waals surface area contributed by atoms with Crippen molar-refractivity contribution in [3.63, 3.8) is 0 Å². The van der Waals surface area contributed by atoms with Crippen molar-refractivity contribution >= 4 is 0 Å². The molecule has 0 aromatic rings. The maximum atomic E-state index is 5.68. The van der Waals surface area contributed by atoms with Gasteiger partial charge in [-0.3, -0.25) is 0 Å². The van der Waals surface area contributed by atoms with Gasteiger partial charge < -0.3 is 9.57 Å². The molecule has 0 fully saturated rings. The maximum absolute atomic E-state index is 5.68. The molecule has 1 N–H and O–H groups in total. The standard InChI is InChI=1S/C23H45NO2/c1-5-6-7-8-9-10-11-12-13-14-15-16-20-26-24-18-17-19-25-21-23(4)22(2)3/h5-6,8-9,22-24H,7,10-21H2,1-4H3/b6-5-,9-8-. The molecule has 0 aliphatic carbocycles. The van der Waals surface area contributed by atoms with Gasteiger partial charge in [-0.2, -0.15) is 0 Å². The number of ether oxygens (including phenoxy) is 1. The van der Waals surface area contributed by atoms with Crippen LogP contribution in [0.25, 0.3) is 0 Å². The molecular formula is C23H45NO2. The predicted molar refractivity (Wildman–Crippen MR) is 114 cm³/mol. The monoisotopic (exact) mass is 367 g/mol. The molecule has 0 heterocycles. The fourth-order valence-electron chi connectivity index (χ4n) is 2.42. The molecule has 3 nitrogen and oxygen atoms in total. The summed E-state index contributed by atoms with van der Waals surface area (Å²) in [7, 11) is 0. The molecular weight excluding hydrogens is 322 g/mol. The minimum Gasteiger partial charge on any atom is -0.381 e. The van der Waals surface area contributed by atoms with Gasteiger partial charge in [0.05, 0.1) is 6.61 Å². The molecule has 154 valence electrons. The quantitative estimate of drug-likeness (QED) is 0.161. The Bertz CT molecular complexity index is 326. The van der Waals surface area contributed by atoms with Crippen LogP contribution in [0, 0.1) is 11.8 Å². The molecule has 3 heteroatoms. The average Bonchev–Trinajstić information content (AvgIpc) is 2.63. The molecule has 1 unspecified atom stereocenters. The number of unbranched alkanes of at least 4 members (excludes halogenated alkanes) is 6. The van der Waals surface area contributed by atoms with Crippen LogP contribution < -0.4 is 5.48 Å². The van der Waals surface area contributed by atoms with Crippen LogP contribution in [0.2, 0.25) is 0 Å². The van der Waals surface area contributed by atoms with Crippen molar-refractivity contribution in [2.45, 2.75) is 85.5 Å². The lowest BCUT2D eigenvalue weighted by atomic mass is 9.99. The lowest BCUT2D eigenvalue weighted by Gasteiger charge is -2.15. The van der Waals surface area contributed by atoms with Crippen molar-refractivity contribution in [2.75, 3.05) is 26.4 Å². The third kappa shape index (κ3) is 19.7. The molecule has 0 bridgehead atoms. The van der Waals surface area contributed by atoms with Crippen molar-refractivity contribution in [1.29, 1.82) is 0 Å². The fraction of sp³-hybridized carbons (Fsp3) is 0.826. The van der Waals surface area contributed by atoms with Crippen LogP contribution in [-0.4, -0.2) is 26.4 Å². The van der Waals surface area contributed by atoms with E-state index in [9.17, 15) is 0 Å². The molecule has 0 spiro atoms. The van der Waals surface area contributed by atoms with Crippen LogP contribution in [0.4, 0.5) is 0 Å². The first-order valence-electron chi connectivity index (χ1n) is 10.9.